The molecule has 9 heteroatoms. The van der Waals surface area contributed by atoms with Gasteiger partial charge in [-0.05, 0) is 60.4 Å². The Morgan fingerprint density at radius 3 is 1.31 bits per heavy atom. The van der Waals surface area contributed by atoms with Crippen molar-refractivity contribution in [3.05, 3.63) is 126 Å². The Labute approximate surface area is 266 Å². The average Bonchev–Trinajstić information content (AvgIpc) is 2.92. The molecule has 4 rings (SSSR count). The zero-order valence-corrected chi connectivity index (χ0v) is 26.5. The first-order valence-electron chi connectivity index (χ1n) is 11.6. The van der Waals surface area contributed by atoms with Crippen molar-refractivity contribution in [2.75, 3.05) is 0 Å². The predicted octanol–water partition coefficient (Wildman–Crippen LogP) is 8.71. The van der Waals surface area contributed by atoms with Crippen LogP contribution in [-0.2, 0) is 17.1 Å². The maximum Gasteiger partial charge on any atom is 2.00 e. The third-order valence-corrected chi connectivity index (χ3v) is 7.13. The summed E-state index contributed by atoms with van der Waals surface area (Å²) in [7, 11) is 0. The fraction of sp³-hybridized carbons (Fsp3) is 0.133. The summed E-state index contributed by atoms with van der Waals surface area (Å²) in [4.78, 5) is 8.81. The second-order valence-electron chi connectivity index (χ2n) is 8.34. The molecular formula is C30H24Br2Cl2CuN2O2. The largest absolute Gasteiger partial charge is 2.00 e. The van der Waals surface area contributed by atoms with Gasteiger partial charge in [-0.1, -0.05) is 127 Å². The molecule has 205 valence electrons. The maximum absolute atomic E-state index is 11.9. The van der Waals surface area contributed by atoms with Gasteiger partial charge in [-0.2, -0.15) is 0 Å². The van der Waals surface area contributed by atoms with Crippen LogP contribution in [0.2, 0.25) is 10.0 Å². The van der Waals surface area contributed by atoms with Crippen molar-refractivity contribution in [1.29, 1.82) is 0 Å². The second-order valence-corrected chi connectivity index (χ2v) is 10.9. The van der Waals surface area contributed by atoms with Gasteiger partial charge >= 0.3 is 17.1 Å². The van der Waals surface area contributed by atoms with E-state index in [-0.39, 0.29) is 40.7 Å². The van der Waals surface area contributed by atoms with Crippen molar-refractivity contribution in [2.45, 2.75) is 25.9 Å². The summed E-state index contributed by atoms with van der Waals surface area (Å²) in [5, 5.41) is 24.8. The molecule has 1 radical (unpaired) electrons. The summed E-state index contributed by atoms with van der Waals surface area (Å²) in [6.07, 6.45) is 3.16. The molecule has 0 amide bonds. The van der Waals surface area contributed by atoms with E-state index in [1.165, 1.54) is 0 Å². The third-order valence-electron chi connectivity index (χ3n) is 5.51. The molecule has 0 spiro atoms. The molecule has 4 aromatic rings. The van der Waals surface area contributed by atoms with Gasteiger partial charge in [0.15, 0.2) is 0 Å². The first-order chi connectivity index (χ1) is 18.2. The molecule has 0 aliphatic heterocycles. The fourth-order valence-corrected chi connectivity index (χ4v) is 5.04. The normalized spacial score (nSPS) is 12.5. The zero-order chi connectivity index (χ0) is 27.7. The van der Waals surface area contributed by atoms with Crippen LogP contribution in [0.25, 0.3) is 0 Å². The molecule has 2 atom stereocenters. The summed E-state index contributed by atoms with van der Waals surface area (Å²) in [6.45, 7) is 3.96. The van der Waals surface area contributed by atoms with E-state index in [0.717, 1.165) is 11.1 Å². The Bertz CT molecular complexity index is 1310. The molecule has 4 nitrogen and oxygen atoms in total. The van der Waals surface area contributed by atoms with Crippen molar-refractivity contribution in [2.24, 2.45) is 9.98 Å². The molecule has 4 aromatic carbocycles. The van der Waals surface area contributed by atoms with Gasteiger partial charge in [0.05, 0.1) is 12.1 Å². The third kappa shape index (κ3) is 10.1. The minimum absolute atomic E-state index is 0. The smallest absolute Gasteiger partial charge is 0.871 e. The van der Waals surface area contributed by atoms with Crippen LogP contribution in [0.5, 0.6) is 11.5 Å². The Morgan fingerprint density at radius 2 is 0.974 bits per heavy atom. The number of rotatable bonds is 6. The molecule has 0 unspecified atom stereocenters. The molecule has 0 aliphatic carbocycles. The maximum atomic E-state index is 11.9. The minimum atomic E-state index is -0.103. The Morgan fingerprint density at radius 1 is 0.641 bits per heavy atom. The SMILES string of the molecule is C[C@H](N=Cc1cc(Cl)cc(Br)c1[O-])c1ccccc1.C[C@H](N=Cc1cc(Cl)cc(Br)c1[O-])c1ccccc1.[Cu+2]. The van der Waals surface area contributed by atoms with E-state index >= 15 is 0 Å². The predicted molar refractivity (Wildman–Crippen MR) is 162 cm³/mol. The van der Waals surface area contributed by atoms with E-state index in [9.17, 15) is 10.2 Å². The van der Waals surface area contributed by atoms with E-state index in [1.807, 2.05) is 74.5 Å². The Hall–Kier alpha value is -2.12. The van der Waals surface area contributed by atoms with Gasteiger partial charge in [0, 0.05) is 31.4 Å². The Kier molecular flexibility index (Phi) is 13.8. The van der Waals surface area contributed by atoms with Crippen molar-refractivity contribution in [3.8, 4) is 11.5 Å². The number of hydrogen-bond donors (Lipinski definition) is 0. The van der Waals surface area contributed by atoms with E-state index < -0.39 is 0 Å². The molecular weight excluding hydrogens is 715 g/mol. The number of benzene rings is 4. The summed E-state index contributed by atoms with van der Waals surface area (Å²) >= 11 is 18.2. The van der Waals surface area contributed by atoms with Crippen LogP contribution in [-0.4, -0.2) is 12.4 Å². The monoisotopic (exact) mass is 735 g/mol. The van der Waals surface area contributed by atoms with Gasteiger partial charge in [-0.3, -0.25) is 9.98 Å². The first-order valence-corrected chi connectivity index (χ1v) is 14.0. The molecule has 0 saturated carbocycles. The number of halogens is 4. The fourth-order valence-electron chi connectivity index (χ4n) is 3.37. The summed E-state index contributed by atoms with van der Waals surface area (Å²) < 4.78 is 0.905. The quantitative estimate of drug-likeness (QED) is 0.147. The van der Waals surface area contributed by atoms with Crippen molar-refractivity contribution >= 4 is 67.5 Å². The number of aliphatic imine (C=N–C) groups is 2. The van der Waals surface area contributed by atoms with Crippen LogP contribution in [0.15, 0.2) is 104 Å². The minimum Gasteiger partial charge on any atom is -0.871 e. The van der Waals surface area contributed by atoms with Crippen LogP contribution in [0.4, 0.5) is 0 Å². The van der Waals surface area contributed by atoms with Gasteiger partial charge in [-0.25, -0.2) is 0 Å². The topological polar surface area (TPSA) is 70.8 Å². The second kappa shape index (κ2) is 16.2. The van der Waals surface area contributed by atoms with Gasteiger partial charge in [0.1, 0.15) is 0 Å². The van der Waals surface area contributed by atoms with E-state index in [2.05, 4.69) is 41.8 Å². The summed E-state index contributed by atoms with van der Waals surface area (Å²) in [6, 6.07) is 26.2. The molecule has 0 fully saturated rings. The average molecular weight is 739 g/mol. The molecule has 0 N–H and O–H groups in total. The van der Waals surface area contributed by atoms with Gasteiger partial charge in [0.25, 0.3) is 0 Å². The van der Waals surface area contributed by atoms with Crippen molar-refractivity contribution < 1.29 is 27.3 Å². The summed E-state index contributed by atoms with van der Waals surface area (Å²) in [5.41, 5.74) is 3.18. The molecule has 39 heavy (non-hydrogen) atoms. The molecule has 0 aliphatic rings. The van der Waals surface area contributed by atoms with E-state index in [4.69, 9.17) is 23.2 Å². The molecule has 0 heterocycles. The van der Waals surface area contributed by atoms with Crippen LogP contribution in [0, 0.1) is 0 Å². The first kappa shape index (κ1) is 33.1. The van der Waals surface area contributed by atoms with Crippen LogP contribution in [0.3, 0.4) is 0 Å². The van der Waals surface area contributed by atoms with Crippen LogP contribution in [0.1, 0.15) is 48.2 Å². The van der Waals surface area contributed by atoms with E-state index in [1.54, 1.807) is 36.7 Å². The molecule has 0 bridgehead atoms. The van der Waals surface area contributed by atoms with Crippen LogP contribution < -0.4 is 10.2 Å². The standard InChI is InChI=1S/2C15H13BrClNO.Cu/c2*1-10(11-5-3-2-4-6-11)18-9-12-7-13(17)8-14(16)15(12)19;/h2*2-10,19H,1H3;/q;;+2/p-2/t2*10-;/m00./s1. The van der Waals surface area contributed by atoms with Gasteiger partial charge in [-0.15, -0.1) is 0 Å². The van der Waals surface area contributed by atoms with Crippen molar-refractivity contribution in [1.82, 2.24) is 0 Å². The van der Waals surface area contributed by atoms with Gasteiger partial charge < -0.3 is 10.2 Å². The van der Waals surface area contributed by atoms with Gasteiger partial charge in [0.2, 0.25) is 0 Å². The number of hydrogen-bond acceptors (Lipinski definition) is 4. The van der Waals surface area contributed by atoms with Crippen LogP contribution >= 0.6 is 55.1 Å². The zero-order valence-electron chi connectivity index (χ0n) is 20.9. The van der Waals surface area contributed by atoms with E-state index in [0.29, 0.717) is 30.1 Å². The number of nitrogens with zero attached hydrogens (tertiary/aromatic N) is 2. The van der Waals surface area contributed by atoms with Crippen molar-refractivity contribution in [3.63, 3.8) is 0 Å². The Balaban J connectivity index is 0.000000267. The summed E-state index contributed by atoms with van der Waals surface area (Å²) in [5.74, 6) is -0.207. The molecule has 0 saturated heterocycles. The molecule has 0 aromatic heterocycles.